The van der Waals surface area contributed by atoms with Crippen molar-refractivity contribution in [1.29, 1.82) is 5.26 Å². The minimum Gasteiger partial charge on any atom is -0.208 e. The minimum atomic E-state index is -3.48. The Morgan fingerprint density at radius 1 is 1.26 bits per heavy atom. The summed E-state index contributed by atoms with van der Waals surface area (Å²) in [5, 5.41) is 8.58. The van der Waals surface area contributed by atoms with Gasteiger partial charge in [0.25, 0.3) is 0 Å². The summed E-state index contributed by atoms with van der Waals surface area (Å²) >= 11 is 0. The zero-order valence-corrected chi connectivity index (χ0v) is 12.4. The predicted molar refractivity (Wildman–Crippen MR) is 75.0 cm³/mol. The first kappa shape index (κ1) is 15.7. The van der Waals surface area contributed by atoms with Crippen LogP contribution in [-0.2, 0) is 16.4 Å². The molecule has 0 fully saturated rings. The molecular formula is C14H20N2O2S. The van der Waals surface area contributed by atoms with Gasteiger partial charge < -0.3 is 0 Å². The summed E-state index contributed by atoms with van der Waals surface area (Å²) in [6, 6.07) is 8.35. The monoisotopic (exact) mass is 280 g/mol. The summed E-state index contributed by atoms with van der Waals surface area (Å²) in [7, 11) is -3.48. The van der Waals surface area contributed by atoms with Crippen LogP contribution in [-0.4, -0.2) is 14.5 Å². The number of nitrogens with one attached hydrogen (secondary N) is 1. The van der Waals surface area contributed by atoms with E-state index in [1.165, 1.54) is 0 Å². The zero-order chi connectivity index (χ0) is 14.5. The number of rotatable bonds is 6. The Kier molecular flexibility index (Phi) is 5.52. The third kappa shape index (κ3) is 4.34. The van der Waals surface area contributed by atoms with E-state index in [1.807, 2.05) is 26.8 Å². The van der Waals surface area contributed by atoms with Crippen molar-refractivity contribution >= 4 is 10.0 Å². The van der Waals surface area contributed by atoms with Crippen LogP contribution in [0.5, 0.6) is 0 Å². The molecule has 0 amide bonds. The fraction of sp³-hybridized carbons (Fsp3) is 0.500. The molecule has 0 spiro atoms. The molecule has 5 heteroatoms. The van der Waals surface area contributed by atoms with Gasteiger partial charge in [-0.1, -0.05) is 32.4 Å². The molecule has 1 aromatic carbocycles. The number of hydrogen-bond donors (Lipinski definition) is 1. The Bertz CT molecular complexity index is 544. The predicted octanol–water partition coefficient (Wildman–Crippen LogP) is 2.47. The maximum atomic E-state index is 12.2. The highest BCUT2D eigenvalue weighted by Gasteiger charge is 2.20. The molecule has 19 heavy (non-hydrogen) atoms. The lowest BCUT2D eigenvalue weighted by atomic mass is 10.0. The lowest BCUT2D eigenvalue weighted by Gasteiger charge is -2.19. The summed E-state index contributed by atoms with van der Waals surface area (Å²) in [5.74, 6) is 0.285. The van der Waals surface area contributed by atoms with Gasteiger partial charge in [0.1, 0.15) is 0 Å². The van der Waals surface area contributed by atoms with Gasteiger partial charge in [-0.05, 0) is 30.5 Å². The van der Waals surface area contributed by atoms with Crippen molar-refractivity contribution < 1.29 is 8.42 Å². The molecule has 2 unspecified atom stereocenters. The van der Waals surface area contributed by atoms with Crippen LogP contribution in [0.3, 0.4) is 0 Å². The van der Waals surface area contributed by atoms with E-state index in [0.717, 1.165) is 12.0 Å². The van der Waals surface area contributed by atoms with Gasteiger partial charge in [-0.3, -0.25) is 0 Å². The molecule has 0 radical (unpaired) electrons. The standard InChI is InChI=1S/C14H20N2O2S/c1-4-11(2)12(3)16-19(17,18)14-7-5-13(6-8-14)9-10-15/h5-8,11-12,16H,4,9H2,1-3H3. The van der Waals surface area contributed by atoms with E-state index in [0.29, 0.717) is 0 Å². The van der Waals surface area contributed by atoms with Crippen molar-refractivity contribution in [2.75, 3.05) is 0 Å². The molecule has 0 heterocycles. The van der Waals surface area contributed by atoms with Gasteiger partial charge in [-0.25, -0.2) is 13.1 Å². The number of sulfonamides is 1. The SMILES string of the molecule is CCC(C)C(C)NS(=O)(=O)c1ccc(CC#N)cc1. The van der Waals surface area contributed by atoms with Gasteiger partial charge in [0.15, 0.2) is 0 Å². The van der Waals surface area contributed by atoms with Crippen LogP contribution >= 0.6 is 0 Å². The van der Waals surface area contributed by atoms with Crippen LogP contribution in [0.25, 0.3) is 0 Å². The summed E-state index contributed by atoms with van der Waals surface area (Å²) < 4.78 is 27.0. The number of nitrogens with zero attached hydrogens (tertiary/aromatic N) is 1. The first-order chi connectivity index (χ1) is 8.90. The van der Waals surface area contributed by atoms with Crippen LogP contribution in [0.1, 0.15) is 32.8 Å². The maximum Gasteiger partial charge on any atom is 0.240 e. The minimum absolute atomic E-state index is 0.103. The molecule has 0 aliphatic rings. The molecule has 0 saturated carbocycles. The highest BCUT2D eigenvalue weighted by Crippen LogP contribution is 2.14. The number of hydrogen-bond acceptors (Lipinski definition) is 3. The summed E-state index contributed by atoms with van der Waals surface area (Å²) in [6.07, 6.45) is 1.21. The lowest BCUT2D eigenvalue weighted by Crippen LogP contribution is -2.36. The Morgan fingerprint density at radius 2 is 1.84 bits per heavy atom. The van der Waals surface area contributed by atoms with Crippen molar-refractivity contribution in [2.45, 2.75) is 44.6 Å². The molecule has 1 aromatic rings. The Morgan fingerprint density at radius 3 is 2.32 bits per heavy atom. The van der Waals surface area contributed by atoms with Gasteiger partial charge in [-0.2, -0.15) is 5.26 Å². The molecule has 1 N–H and O–H groups in total. The third-order valence-corrected chi connectivity index (χ3v) is 4.93. The van der Waals surface area contributed by atoms with Crippen LogP contribution in [0.15, 0.2) is 29.2 Å². The molecule has 0 aliphatic heterocycles. The van der Waals surface area contributed by atoms with Crippen molar-refractivity contribution in [3.63, 3.8) is 0 Å². The quantitative estimate of drug-likeness (QED) is 0.870. The second kappa shape index (κ2) is 6.69. The van der Waals surface area contributed by atoms with E-state index in [9.17, 15) is 8.42 Å². The van der Waals surface area contributed by atoms with Crippen LogP contribution in [0.4, 0.5) is 0 Å². The smallest absolute Gasteiger partial charge is 0.208 e. The van der Waals surface area contributed by atoms with Crippen molar-refractivity contribution in [2.24, 2.45) is 5.92 Å². The van der Waals surface area contributed by atoms with Gasteiger partial charge in [-0.15, -0.1) is 0 Å². The Labute approximate surface area is 115 Å². The third-order valence-electron chi connectivity index (χ3n) is 3.36. The van der Waals surface area contributed by atoms with Gasteiger partial charge in [0.05, 0.1) is 17.4 Å². The Hall–Kier alpha value is -1.38. The molecular weight excluding hydrogens is 260 g/mol. The summed E-state index contributed by atoms with van der Waals surface area (Å²) in [5.41, 5.74) is 0.816. The van der Waals surface area contributed by atoms with E-state index in [2.05, 4.69) is 4.72 Å². The second-order valence-electron chi connectivity index (χ2n) is 4.77. The molecule has 2 atom stereocenters. The summed E-state index contributed by atoms with van der Waals surface area (Å²) in [6.45, 7) is 5.92. The average molecular weight is 280 g/mol. The molecule has 4 nitrogen and oxygen atoms in total. The molecule has 0 aliphatic carbocycles. The second-order valence-corrected chi connectivity index (χ2v) is 6.49. The molecule has 0 saturated heterocycles. The number of nitriles is 1. The van der Waals surface area contributed by atoms with Crippen LogP contribution in [0, 0.1) is 17.2 Å². The van der Waals surface area contributed by atoms with E-state index >= 15 is 0 Å². The molecule has 0 aromatic heterocycles. The maximum absolute atomic E-state index is 12.2. The Balaban J connectivity index is 2.86. The van der Waals surface area contributed by atoms with E-state index in [4.69, 9.17) is 5.26 Å². The topological polar surface area (TPSA) is 70.0 Å². The molecule has 0 bridgehead atoms. The van der Waals surface area contributed by atoms with Gasteiger partial charge in [0.2, 0.25) is 10.0 Å². The summed E-state index contributed by atoms with van der Waals surface area (Å²) in [4.78, 5) is 0.240. The van der Waals surface area contributed by atoms with Gasteiger partial charge in [0, 0.05) is 6.04 Å². The first-order valence-corrected chi connectivity index (χ1v) is 7.87. The average Bonchev–Trinajstić information content (AvgIpc) is 2.38. The molecule has 1 rings (SSSR count). The number of benzene rings is 1. The van der Waals surface area contributed by atoms with E-state index < -0.39 is 10.0 Å². The lowest BCUT2D eigenvalue weighted by molar-refractivity contribution is 0.434. The van der Waals surface area contributed by atoms with Gasteiger partial charge >= 0.3 is 0 Å². The van der Waals surface area contributed by atoms with E-state index in [-0.39, 0.29) is 23.3 Å². The van der Waals surface area contributed by atoms with Crippen molar-refractivity contribution in [3.8, 4) is 6.07 Å². The van der Waals surface area contributed by atoms with Crippen molar-refractivity contribution in [3.05, 3.63) is 29.8 Å². The highest BCUT2D eigenvalue weighted by molar-refractivity contribution is 7.89. The fourth-order valence-electron chi connectivity index (χ4n) is 1.66. The largest absolute Gasteiger partial charge is 0.240 e. The zero-order valence-electron chi connectivity index (χ0n) is 11.6. The normalized spacial score (nSPS) is 14.6. The van der Waals surface area contributed by atoms with Crippen LogP contribution in [0.2, 0.25) is 0 Å². The highest BCUT2D eigenvalue weighted by atomic mass is 32.2. The fourth-order valence-corrected chi connectivity index (χ4v) is 3.01. The van der Waals surface area contributed by atoms with E-state index in [1.54, 1.807) is 24.3 Å². The first-order valence-electron chi connectivity index (χ1n) is 6.39. The van der Waals surface area contributed by atoms with Crippen molar-refractivity contribution in [1.82, 2.24) is 4.72 Å². The molecule has 104 valence electrons. The van der Waals surface area contributed by atoms with Crippen LogP contribution < -0.4 is 4.72 Å².